The molecule has 1 amide bonds. The summed E-state index contributed by atoms with van der Waals surface area (Å²) in [5.74, 6) is 1.96. The topological polar surface area (TPSA) is 41.1 Å². The van der Waals surface area contributed by atoms with Crippen molar-refractivity contribution in [1.29, 1.82) is 0 Å². The Morgan fingerprint density at radius 1 is 1.56 bits per heavy atom. The van der Waals surface area contributed by atoms with Crippen LogP contribution in [0, 0.1) is 0 Å². The fraction of sp³-hybridized carbons (Fsp3) is 0.462. The van der Waals surface area contributed by atoms with E-state index >= 15 is 0 Å². The van der Waals surface area contributed by atoms with Gasteiger partial charge in [0.25, 0.3) is 0 Å². The Labute approximate surface area is 117 Å². The second kappa shape index (κ2) is 6.45. The number of halogens is 1. The van der Waals surface area contributed by atoms with Crippen molar-refractivity contribution in [3.8, 4) is 0 Å². The molecule has 2 atom stereocenters. The van der Waals surface area contributed by atoms with Crippen LogP contribution in [-0.2, 0) is 4.79 Å². The van der Waals surface area contributed by atoms with Crippen LogP contribution in [0.15, 0.2) is 24.3 Å². The van der Waals surface area contributed by atoms with E-state index in [0.717, 1.165) is 23.6 Å². The summed E-state index contributed by atoms with van der Waals surface area (Å²) < 4.78 is 0. The summed E-state index contributed by atoms with van der Waals surface area (Å²) in [6.45, 7) is 2.85. The monoisotopic (exact) mass is 284 g/mol. The van der Waals surface area contributed by atoms with Crippen molar-refractivity contribution >= 4 is 29.3 Å². The molecule has 1 aliphatic heterocycles. The maximum Gasteiger partial charge on any atom is 0.238 e. The van der Waals surface area contributed by atoms with Gasteiger partial charge in [0.1, 0.15) is 0 Å². The van der Waals surface area contributed by atoms with Gasteiger partial charge < -0.3 is 10.6 Å². The molecule has 0 spiro atoms. The van der Waals surface area contributed by atoms with Crippen molar-refractivity contribution in [2.45, 2.75) is 19.0 Å². The summed E-state index contributed by atoms with van der Waals surface area (Å²) in [6, 6.07) is 7.44. The predicted octanol–water partition coefficient (Wildman–Crippen LogP) is 2.22. The number of carbonyl (C=O) groups excluding carboxylic acids is 1. The molecule has 5 heteroatoms. The average molecular weight is 285 g/mol. The van der Waals surface area contributed by atoms with Crippen LogP contribution < -0.4 is 10.6 Å². The zero-order valence-electron chi connectivity index (χ0n) is 10.3. The fourth-order valence-corrected chi connectivity index (χ4v) is 3.18. The maximum absolute atomic E-state index is 12.1. The second-order valence-corrected chi connectivity index (χ2v) is 5.89. The molecule has 0 aliphatic carbocycles. The molecule has 2 N–H and O–H groups in total. The first kappa shape index (κ1) is 13.7. The van der Waals surface area contributed by atoms with E-state index in [2.05, 4.69) is 10.6 Å². The second-order valence-electron chi connectivity index (χ2n) is 4.33. The van der Waals surface area contributed by atoms with Crippen molar-refractivity contribution in [3.63, 3.8) is 0 Å². The maximum atomic E-state index is 12.1. The van der Waals surface area contributed by atoms with Gasteiger partial charge in [-0.1, -0.05) is 29.8 Å². The molecule has 1 aliphatic rings. The lowest BCUT2D eigenvalue weighted by Gasteiger charge is -2.24. The summed E-state index contributed by atoms with van der Waals surface area (Å²) in [6.07, 6.45) is 0. The molecule has 1 heterocycles. The van der Waals surface area contributed by atoms with Gasteiger partial charge in [-0.3, -0.25) is 4.79 Å². The van der Waals surface area contributed by atoms with Gasteiger partial charge in [-0.15, -0.1) is 0 Å². The molecule has 1 fully saturated rings. The molecule has 98 valence electrons. The Kier molecular flexibility index (Phi) is 4.92. The molecule has 18 heavy (non-hydrogen) atoms. The minimum atomic E-state index is -0.0892. The lowest BCUT2D eigenvalue weighted by atomic mass is 10.1. The van der Waals surface area contributed by atoms with Gasteiger partial charge in [-0.05, 0) is 18.6 Å². The number of hydrogen-bond acceptors (Lipinski definition) is 3. The van der Waals surface area contributed by atoms with E-state index in [1.54, 1.807) is 0 Å². The van der Waals surface area contributed by atoms with E-state index in [9.17, 15) is 4.79 Å². The number of hydrogen-bond donors (Lipinski definition) is 2. The lowest BCUT2D eigenvalue weighted by Crippen LogP contribution is -2.49. The molecule has 0 bridgehead atoms. The van der Waals surface area contributed by atoms with Gasteiger partial charge in [-0.2, -0.15) is 11.8 Å². The zero-order valence-corrected chi connectivity index (χ0v) is 11.9. The van der Waals surface area contributed by atoms with Crippen LogP contribution in [0.2, 0.25) is 5.02 Å². The predicted molar refractivity (Wildman–Crippen MR) is 77.1 cm³/mol. The molecule has 2 unspecified atom stereocenters. The summed E-state index contributed by atoms with van der Waals surface area (Å²) in [4.78, 5) is 12.1. The van der Waals surface area contributed by atoms with Gasteiger partial charge >= 0.3 is 0 Å². The molecular weight excluding hydrogens is 268 g/mol. The Hall–Kier alpha value is -0.710. The first-order valence-corrected chi connectivity index (χ1v) is 7.57. The van der Waals surface area contributed by atoms with Crippen LogP contribution in [0.3, 0.4) is 0 Å². The third-order valence-corrected chi connectivity index (χ3v) is 4.37. The summed E-state index contributed by atoms with van der Waals surface area (Å²) in [7, 11) is 0. The normalized spacial score (nSPS) is 21.3. The number of nitrogens with one attached hydrogen (secondary N) is 2. The molecule has 1 aromatic carbocycles. The van der Waals surface area contributed by atoms with Crippen molar-refractivity contribution in [3.05, 3.63) is 34.9 Å². The van der Waals surface area contributed by atoms with E-state index in [-0.39, 0.29) is 18.0 Å². The number of benzene rings is 1. The summed E-state index contributed by atoms with van der Waals surface area (Å²) >= 11 is 7.93. The van der Waals surface area contributed by atoms with E-state index in [0.29, 0.717) is 5.02 Å². The van der Waals surface area contributed by atoms with Gasteiger partial charge in [-0.25, -0.2) is 0 Å². The van der Waals surface area contributed by atoms with Crippen LogP contribution in [-0.4, -0.2) is 30.0 Å². The smallest absolute Gasteiger partial charge is 0.238 e. The van der Waals surface area contributed by atoms with E-state index in [1.165, 1.54) is 0 Å². The third-order valence-electron chi connectivity index (χ3n) is 2.97. The van der Waals surface area contributed by atoms with Gasteiger partial charge in [0.05, 0.1) is 12.1 Å². The largest absolute Gasteiger partial charge is 0.348 e. The minimum absolute atomic E-state index is 0.0506. The van der Waals surface area contributed by atoms with Crippen molar-refractivity contribution in [1.82, 2.24) is 10.6 Å². The summed E-state index contributed by atoms with van der Waals surface area (Å²) in [5, 5.41) is 6.92. The molecule has 0 aromatic heterocycles. The van der Waals surface area contributed by atoms with Crippen molar-refractivity contribution in [2.24, 2.45) is 0 Å². The standard InChI is InChI=1S/C13H17ClN2OS/c1-9(10-4-2-3-5-11(10)14)16-13(17)12-8-18-7-6-15-12/h2-5,9,12,15H,6-8H2,1H3,(H,16,17). The zero-order chi connectivity index (χ0) is 13.0. The fourth-order valence-electron chi connectivity index (χ4n) is 1.95. The first-order chi connectivity index (χ1) is 8.68. The quantitative estimate of drug-likeness (QED) is 0.894. The highest BCUT2D eigenvalue weighted by Gasteiger charge is 2.22. The molecule has 3 nitrogen and oxygen atoms in total. The number of thioether (sulfide) groups is 1. The van der Waals surface area contributed by atoms with E-state index in [4.69, 9.17) is 11.6 Å². The minimum Gasteiger partial charge on any atom is -0.348 e. The van der Waals surface area contributed by atoms with Gasteiger partial charge in [0.2, 0.25) is 5.91 Å². The van der Waals surface area contributed by atoms with Crippen LogP contribution in [0.1, 0.15) is 18.5 Å². The highest BCUT2D eigenvalue weighted by molar-refractivity contribution is 7.99. The molecular formula is C13H17ClN2OS. The molecule has 2 rings (SSSR count). The van der Waals surface area contributed by atoms with Gasteiger partial charge in [0.15, 0.2) is 0 Å². The Bertz CT molecular complexity index is 421. The number of carbonyl (C=O) groups is 1. The third kappa shape index (κ3) is 3.40. The molecule has 0 radical (unpaired) electrons. The van der Waals surface area contributed by atoms with Crippen LogP contribution >= 0.6 is 23.4 Å². The lowest BCUT2D eigenvalue weighted by molar-refractivity contribution is -0.123. The first-order valence-electron chi connectivity index (χ1n) is 6.04. The number of rotatable bonds is 3. The molecule has 0 saturated carbocycles. The Morgan fingerprint density at radius 3 is 3.00 bits per heavy atom. The van der Waals surface area contributed by atoms with E-state index in [1.807, 2.05) is 43.0 Å². The molecule has 1 aromatic rings. The van der Waals surface area contributed by atoms with Gasteiger partial charge in [0, 0.05) is 23.1 Å². The summed E-state index contributed by atoms with van der Waals surface area (Å²) in [5.41, 5.74) is 0.955. The SMILES string of the molecule is CC(NC(=O)C1CSCCN1)c1ccccc1Cl. The highest BCUT2D eigenvalue weighted by atomic mass is 35.5. The van der Waals surface area contributed by atoms with Crippen molar-refractivity contribution < 1.29 is 4.79 Å². The van der Waals surface area contributed by atoms with E-state index < -0.39 is 0 Å². The number of amides is 1. The molecule has 1 saturated heterocycles. The van der Waals surface area contributed by atoms with Crippen molar-refractivity contribution in [2.75, 3.05) is 18.1 Å². The average Bonchev–Trinajstić information content (AvgIpc) is 2.40. The highest BCUT2D eigenvalue weighted by Crippen LogP contribution is 2.22. The van der Waals surface area contributed by atoms with Crippen LogP contribution in [0.25, 0.3) is 0 Å². The Morgan fingerprint density at radius 2 is 2.33 bits per heavy atom. The van der Waals surface area contributed by atoms with Crippen LogP contribution in [0.5, 0.6) is 0 Å². The Balaban J connectivity index is 1.96. The van der Waals surface area contributed by atoms with Crippen LogP contribution in [0.4, 0.5) is 0 Å².